The van der Waals surface area contributed by atoms with Crippen molar-refractivity contribution in [2.24, 2.45) is 11.8 Å². The summed E-state index contributed by atoms with van der Waals surface area (Å²) in [5, 5.41) is 0. The summed E-state index contributed by atoms with van der Waals surface area (Å²) in [7, 11) is 0. The number of ether oxygens (including phenoxy) is 2. The Bertz CT molecular complexity index is 970. The number of aromatic nitrogens is 1. The Morgan fingerprint density at radius 2 is 1.88 bits per heavy atom. The van der Waals surface area contributed by atoms with Gasteiger partial charge in [0.2, 0.25) is 0 Å². The first-order valence-corrected chi connectivity index (χ1v) is 12.4. The molecular formula is C27H36FNO4. The van der Waals surface area contributed by atoms with Crippen LogP contribution in [-0.2, 0) is 16.0 Å². The molecule has 5 nitrogen and oxygen atoms in total. The van der Waals surface area contributed by atoms with Gasteiger partial charge in [-0.25, -0.2) is 9.37 Å². The molecule has 1 aromatic heterocycles. The molecule has 0 radical (unpaired) electrons. The summed E-state index contributed by atoms with van der Waals surface area (Å²) in [6.45, 7) is 3.89. The number of fused-ring (bicyclic) bond motifs is 1. The molecule has 0 saturated heterocycles. The van der Waals surface area contributed by atoms with Gasteiger partial charge >= 0.3 is 0 Å². The van der Waals surface area contributed by atoms with Gasteiger partial charge < -0.3 is 13.9 Å². The molecule has 2 saturated carbocycles. The fourth-order valence-electron chi connectivity index (χ4n) is 4.56. The van der Waals surface area contributed by atoms with E-state index in [2.05, 4.69) is 4.98 Å². The van der Waals surface area contributed by atoms with Gasteiger partial charge in [-0.15, -0.1) is 0 Å². The number of rotatable bonds is 12. The lowest BCUT2D eigenvalue weighted by Crippen LogP contribution is -2.23. The number of hydrogen-bond donors (Lipinski definition) is 0. The van der Waals surface area contributed by atoms with Crippen molar-refractivity contribution in [1.29, 1.82) is 0 Å². The van der Waals surface area contributed by atoms with Crippen molar-refractivity contribution in [2.45, 2.75) is 77.7 Å². The van der Waals surface area contributed by atoms with Crippen molar-refractivity contribution in [1.82, 2.24) is 4.98 Å². The van der Waals surface area contributed by atoms with Crippen molar-refractivity contribution in [3.63, 3.8) is 0 Å². The van der Waals surface area contributed by atoms with Gasteiger partial charge in [-0.05, 0) is 88.3 Å². The molecule has 0 spiro atoms. The first-order valence-electron chi connectivity index (χ1n) is 12.4. The second-order valence-electron chi connectivity index (χ2n) is 9.88. The van der Waals surface area contributed by atoms with E-state index in [0.717, 1.165) is 79.4 Å². The molecule has 0 N–H and O–H groups in total. The van der Waals surface area contributed by atoms with E-state index in [1.807, 2.05) is 25.1 Å². The lowest BCUT2D eigenvalue weighted by Gasteiger charge is -2.28. The number of halogens is 1. The summed E-state index contributed by atoms with van der Waals surface area (Å²) in [4.78, 5) is 15.9. The van der Waals surface area contributed by atoms with Gasteiger partial charge in [0.15, 0.2) is 11.5 Å². The standard InChI is InChI=1S/C27H36FNO4/c1-18(13-19(2)30)22(15-28)17-32-23-8-5-20(6-9-23)7-12-27-29-25-11-10-24(14-26(25)33-27)31-16-21-3-4-21/h10-11,14,20-21,23H,3-9,12-13,15-17H2,1-2H3. The Hall–Kier alpha value is -2.21. The summed E-state index contributed by atoms with van der Waals surface area (Å²) in [5.74, 6) is 3.07. The molecule has 0 amide bonds. The van der Waals surface area contributed by atoms with Crippen molar-refractivity contribution in [2.75, 3.05) is 19.9 Å². The zero-order valence-electron chi connectivity index (χ0n) is 19.9. The summed E-state index contributed by atoms with van der Waals surface area (Å²) >= 11 is 0. The van der Waals surface area contributed by atoms with Crippen LogP contribution in [-0.4, -0.2) is 36.8 Å². The molecule has 0 aliphatic heterocycles. The zero-order valence-corrected chi connectivity index (χ0v) is 19.9. The third-order valence-electron chi connectivity index (χ3n) is 6.92. The van der Waals surface area contributed by atoms with Gasteiger partial charge in [-0.1, -0.05) is 5.57 Å². The smallest absolute Gasteiger partial charge is 0.195 e. The molecule has 6 heteroatoms. The fraction of sp³-hybridized carbons (Fsp3) is 0.630. The molecule has 0 bridgehead atoms. The molecule has 2 aromatic rings. The highest BCUT2D eigenvalue weighted by atomic mass is 19.1. The van der Waals surface area contributed by atoms with E-state index in [9.17, 15) is 9.18 Å². The number of oxazole rings is 1. The quantitative estimate of drug-likeness (QED) is 0.346. The number of aryl methyl sites for hydroxylation is 1. The number of carbonyl (C=O) groups excluding carboxylic acids is 1. The number of ketones is 1. The predicted octanol–water partition coefficient (Wildman–Crippen LogP) is 6.39. The molecule has 2 aliphatic carbocycles. The number of Topliss-reactive ketones (excluding diaryl/α,β-unsaturated/α-hetero) is 1. The van der Waals surface area contributed by atoms with E-state index in [1.165, 1.54) is 19.8 Å². The van der Waals surface area contributed by atoms with Gasteiger partial charge in [-0.3, -0.25) is 4.79 Å². The van der Waals surface area contributed by atoms with E-state index >= 15 is 0 Å². The second-order valence-corrected chi connectivity index (χ2v) is 9.88. The average molecular weight is 458 g/mol. The van der Waals surface area contributed by atoms with Crippen LogP contribution in [0.15, 0.2) is 33.8 Å². The number of alkyl halides is 1. The molecule has 0 unspecified atom stereocenters. The Labute approximate surface area is 195 Å². The summed E-state index contributed by atoms with van der Waals surface area (Å²) in [6, 6.07) is 5.91. The lowest BCUT2D eigenvalue weighted by atomic mass is 9.84. The minimum Gasteiger partial charge on any atom is -0.493 e. The third-order valence-corrected chi connectivity index (χ3v) is 6.92. The van der Waals surface area contributed by atoms with Crippen LogP contribution in [0.25, 0.3) is 11.1 Å². The second kappa shape index (κ2) is 11.3. The summed E-state index contributed by atoms with van der Waals surface area (Å²) in [6.07, 6.45) is 9.11. The number of carbonyl (C=O) groups is 1. The fourth-order valence-corrected chi connectivity index (χ4v) is 4.56. The highest BCUT2D eigenvalue weighted by molar-refractivity contribution is 5.78. The number of allylic oxidation sites excluding steroid dienone is 1. The van der Waals surface area contributed by atoms with Crippen LogP contribution >= 0.6 is 0 Å². The maximum atomic E-state index is 13.3. The Morgan fingerprint density at radius 1 is 1.12 bits per heavy atom. The zero-order chi connectivity index (χ0) is 23.2. The van der Waals surface area contributed by atoms with E-state index < -0.39 is 6.67 Å². The van der Waals surface area contributed by atoms with Crippen molar-refractivity contribution in [3.8, 4) is 5.75 Å². The topological polar surface area (TPSA) is 61.6 Å². The van der Waals surface area contributed by atoms with E-state index in [4.69, 9.17) is 13.9 Å². The minimum absolute atomic E-state index is 0.0558. The van der Waals surface area contributed by atoms with Crippen LogP contribution in [0.3, 0.4) is 0 Å². The van der Waals surface area contributed by atoms with Crippen LogP contribution in [0, 0.1) is 11.8 Å². The van der Waals surface area contributed by atoms with E-state index in [1.54, 1.807) is 0 Å². The van der Waals surface area contributed by atoms with Gasteiger partial charge in [-0.2, -0.15) is 0 Å². The lowest BCUT2D eigenvalue weighted by molar-refractivity contribution is -0.116. The summed E-state index contributed by atoms with van der Waals surface area (Å²) in [5.41, 5.74) is 3.10. The molecule has 4 rings (SSSR count). The molecule has 2 fully saturated rings. The molecule has 2 aliphatic rings. The Balaban J connectivity index is 1.20. The first kappa shape index (κ1) is 23.9. The van der Waals surface area contributed by atoms with Crippen molar-refractivity contribution < 1.29 is 23.1 Å². The maximum Gasteiger partial charge on any atom is 0.195 e. The van der Waals surface area contributed by atoms with E-state index in [-0.39, 0.29) is 11.9 Å². The molecule has 1 heterocycles. The van der Waals surface area contributed by atoms with Crippen LogP contribution in [0.4, 0.5) is 4.39 Å². The number of nitrogens with zero attached hydrogens (tertiary/aromatic N) is 1. The average Bonchev–Trinajstić information content (AvgIpc) is 3.54. The Kier molecular flexibility index (Phi) is 8.18. The molecule has 180 valence electrons. The number of hydrogen-bond acceptors (Lipinski definition) is 5. The largest absolute Gasteiger partial charge is 0.493 e. The van der Waals surface area contributed by atoms with E-state index in [0.29, 0.717) is 24.5 Å². The van der Waals surface area contributed by atoms with Gasteiger partial charge in [0.1, 0.15) is 23.7 Å². The number of benzene rings is 1. The van der Waals surface area contributed by atoms with Gasteiger partial charge in [0.05, 0.1) is 19.3 Å². The van der Waals surface area contributed by atoms with Crippen LogP contribution in [0.5, 0.6) is 5.75 Å². The normalized spacial score (nSPS) is 21.8. The summed E-state index contributed by atoms with van der Waals surface area (Å²) < 4.78 is 31.2. The SMILES string of the molecule is CC(=O)CC(C)=C(CF)COC1CCC(CCc2nc3ccc(OCC4CC4)cc3o2)CC1. The van der Waals surface area contributed by atoms with Crippen molar-refractivity contribution in [3.05, 3.63) is 35.2 Å². The first-order chi connectivity index (χ1) is 16.0. The van der Waals surface area contributed by atoms with Gasteiger partial charge in [0.25, 0.3) is 0 Å². The molecule has 1 aromatic carbocycles. The highest BCUT2D eigenvalue weighted by Crippen LogP contribution is 2.32. The maximum absolute atomic E-state index is 13.3. The van der Waals surface area contributed by atoms with Gasteiger partial charge in [0, 0.05) is 18.9 Å². The van der Waals surface area contributed by atoms with Crippen molar-refractivity contribution >= 4 is 16.9 Å². The van der Waals surface area contributed by atoms with Crippen LogP contribution < -0.4 is 4.74 Å². The van der Waals surface area contributed by atoms with Crippen LogP contribution in [0.1, 0.15) is 71.1 Å². The highest BCUT2D eigenvalue weighted by Gasteiger charge is 2.23. The molecule has 0 atom stereocenters. The Morgan fingerprint density at radius 3 is 2.58 bits per heavy atom. The van der Waals surface area contributed by atoms with Crippen LogP contribution in [0.2, 0.25) is 0 Å². The third kappa shape index (κ3) is 7.13. The molecular weight excluding hydrogens is 421 g/mol. The predicted molar refractivity (Wildman–Crippen MR) is 126 cm³/mol. The minimum atomic E-state index is -0.549. The monoisotopic (exact) mass is 457 g/mol. The molecule has 33 heavy (non-hydrogen) atoms.